The Bertz CT molecular complexity index is 911. The highest BCUT2D eigenvalue weighted by atomic mass is 16.5. The van der Waals surface area contributed by atoms with Crippen LogP contribution in [0.5, 0.6) is 5.75 Å². The number of nitrogens with zero attached hydrogens (tertiary/aromatic N) is 3. The van der Waals surface area contributed by atoms with E-state index in [4.69, 9.17) is 4.74 Å². The SMILES string of the molecule is CNCCC(Oc1ccccc1CN1CCN(c2ccccn2)CC1)c1ccccc1. The first-order valence-corrected chi connectivity index (χ1v) is 11.2. The molecule has 3 aromatic rings. The lowest BCUT2D eigenvalue weighted by Gasteiger charge is -2.35. The van der Waals surface area contributed by atoms with Gasteiger partial charge in [-0.25, -0.2) is 4.98 Å². The molecule has 0 amide bonds. The van der Waals surface area contributed by atoms with Crippen LogP contribution in [-0.4, -0.2) is 49.7 Å². The van der Waals surface area contributed by atoms with Crippen molar-refractivity contribution in [1.82, 2.24) is 15.2 Å². The van der Waals surface area contributed by atoms with Crippen molar-refractivity contribution in [2.45, 2.75) is 19.1 Å². The van der Waals surface area contributed by atoms with Crippen LogP contribution >= 0.6 is 0 Å². The maximum atomic E-state index is 6.58. The molecule has 162 valence electrons. The van der Waals surface area contributed by atoms with Crippen molar-refractivity contribution in [3.05, 3.63) is 90.1 Å². The Balaban J connectivity index is 1.41. The Hall–Kier alpha value is -2.89. The molecule has 1 atom stereocenters. The fourth-order valence-electron chi connectivity index (χ4n) is 4.06. The van der Waals surface area contributed by atoms with Crippen LogP contribution in [0.4, 0.5) is 5.82 Å². The van der Waals surface area contributed by atoms with Gasteiger partial charge in [0.15, 0.2) is 0 Å². The van der Waals surface area contributed by atoms with E-state index in [9.17, 15) is 0 Å². The topological polar surface area (TPSA) is 40.6 Å². The molecule has 5 heteroatoms. The largest absolute Gasteiger partial charge is 0.485 e. The smallest absolute Gasteiger partial charge is 0.128 e. The predicted octanol–water partition coefficient (Wildman–Crippen LogP) is 4.13. The molecule has 1 aromatic heterocycles. The molecule has 0 saturated carbocycles. The van der Waals surface area contributed by atoms with Gasteiger partial charge in [-0.2, -0.15) is 0 Å². The summed E-state index contributed by atoms with van der Waals surface area (Å²) in [5, 5.41) is 3.25. The van der Waals surface area contributed by atoms with Gasteiger partial charge in [-0.1, -0.05) is 54.6 Å². The van der Waals surface area contributed by atoms with E-state index >= 15 is 0 Å². The van der Waals surface area contributed by atoms with Gasteiger partial charge >= 0.3 is 0 Å². The van der Waals surface area contributed by atoms with Crippen LogP contribution < -0.4 is 15.0 Å². The van der Waals surface area contributed by atoms with Gasteiger partial charge in [0.2, 0.25) is 0 Å². The highest BCUT2D eigenvalue weighted by molar-refractivity contribution is 5.38. The molecule has 1 fully saturated rings. The summed E-state index contributed by atoms with van der Waals surface area (Å²) < 4.78 is 6.58. The van der Waals surface area contributed by atoms with Crippen molar-refractivity contribution in [2.24, 2.45) is 0 Å². The van der Waals surface area contributed by atoms with Crippen LogP contribution in [0.15, 0.2) is 79.0 Å². The van der Waals surface area contributed by atoms with E-state index in [-0.39, 0.29) is 6.10 Å². The highest BCUT2D eigenvalue weighted by Crippen LogP contribution is 2.28. The van der Waals surface area contributed by atoms with Crippen molar-refractivity contribution < 1.29 is 4.74 Å². The molecule has 0 radical (unpaired) electrons. The number of nitrogens with one attached hydrogen (secondary N) is 1. The number of ether oxygens (including phenoxy) is 1. The minimum atomic E-state index is 0.0378. The van der Waals surface area contributed by atoms with E-state index in [1.165, 1.54) is 11.1 Å². The third-order valence-electron chi connectivity index (χ3n) is 5.81. The lowest BCUT2D eigenvalue weighted by molar-refractivity contribution is 0.186. The second kappa shape index (κ2) is 10.9. The summed E-state index contributed by atoms with van der Waals surface area (Å²) in [6.45, 7) is 5.85. The van der Waals surface area contributed by atoms with Gasteiger partial charge in [0.25, 0.3) is 0 Å². The minimum Gasteiger partial charge on any atom is -0.485 e. The van der Waals surface area contributed by atoms with E-state index in [1.54, 1.807) is 0 Å². The Morgan fingerprint density at radius 3 is 2.39 bits per heavy atom. The molecule has 0 spiro atoms. The summed E-state index contributed by atoms with van der Waals surface area (Å²) in [6, 6.07) is 25.1. The first-order valence-electron chi connectivity index (χ1n) is 11.2. The summed E-state index contributed by atoms with van der Waals surface area (Å²) >= 11 is 0. The molecule has 31 heavy (non-hydrogen) atoms. The van der Waals surface area contributed by atoms with Crippen LogP contribution in [0.25, 0.3) is 0 Å². The summed E-state index contributed by atoms with van der Waals surface area (Å²) in [5.74, 6) is 2.06. The Kier molecular flexibility index (Phi) is 7.53. The van der Waals surface area contributed by atoms with Crippen molar-refractivity contribution in [2.75, 3.05) is 44.7 Å². The molecule has 1 aliphatic rings. The maximum Gasteiger partial charge on any atom is 0.128 e. The average molecular weight is 417 g/mol. The molecule has 1 saturated heterocycles. The first kappa shape index (κ1) is 21.3. The predicted molar refractivity (Wildman–Crippen MR) is 127 cm³/mol. The Labute approximate surface area is 185 Å². The van der Waals surface area contributed by atoms with E-state index in [1.807, 2.05) is 19.3 Å². The number of hydrogen-bond acceptors (Lipinski definition) is 5. The van der Waals surface area contributed by atoms with Gasteiger partial charge in [-0.3, -0.25) is 4.90 Å². The molecule has 2 aromatic carbocycles. The van der Waals surface area contributed by atoms with Gasteiger partial charge in [0, 0.05) is 50.9 Å². The molecule has 0 aliphatic carbocycles. The third-order valence-corrected chi connectivity index (χ3v) is 5.81. The normalized spacial score (nSPS) is 15.6. The van der Waals surface area contributed by atoms with E-state index in [0.29, 0.717) is 0 Å². The highest BCUT2D eigenvalue weighted by Gasteiger charge is 2.20. The van der Waals surface area contributed by atoms with Gasteiger partial charge < -0.3 is 15.0 Å². The Morgan fingerprint density at radius 2 is 1.65 bits per heavy atom. The fraction of sp³-hybridized carbons (Fsp3) is 0.346. The quantitative estimate of drug-likeness (QED) is 0.568. The van der Waals surface area contributed by atoms with E-state index in [0.717, 1.165) is 57.3 Å². The zero-order valence-electron chi connectivity index (χ0n) is 18.3. The fourth-order valence-corrected chi connectivity index (χ4v) is 4.06. The van der Waals surface area contributed by atoms with Crippen LogP contribution in [0.1, 0.15) is 23.7 Å². The van der Waals surface area contributed by atoms with Gasteiger partial charge in [0.1, 0.15) is 17.7 Å². The van der Waals surface area contributed by atoms with Crippen molar-refractivity contribution >= 4 is 5.82 Å². The number of pyridine rings is 1. The Morgan fingerprint density at radius 1 is 0.903 bits per heavy atom. The summed E-state index contributed by atoms with van der Waals surface area (Å²) in [5.41, 5.74) is 2.47. The molecular weight excluding hydrogens is 384 g/mol. The summed E-state index contributed by atoms with van der Waals surface area (Å²) in [7, 11) is 1.99. The molecule has 2 heterocycles. The first-order chi connectivity index (χ1) is 15.3. The number of benzene rings is 2. The second-order valence-electron chi connectivity index (χ2n) is 7.97. The van der Waals surface area contributed by atoms with Crippen LogP contribution in [0.3, 0.4) is 0 Å². The number of piperazine rings is 1. The second-order valence-corrected chi connectivity index (χ2v) is 7.97. The zero-order chi connectivity index (χ0) is 21.3. The standard InChI is InChI=1S/C26H32N4O/c1-27-16-14-25(22-9-3-2-4-10-22)31-24-12-6-5-11-23(24)21-29-17-19-30(20-18-29)26-13-7-8-15-28-26/h2-13,15,25,27H,14,16-21H2,1H3. The monoisotopic (exact) mass is 416 g/mol. The number of hydrogen-bond donors (Lipinski definition) is 1. The molecule has 0 bridgehead atoms. The van der Waals surface area contributed by atoms with Gasteiger partial charge in [0.05, 0.1) is 0 Å². The average Bonchev–Trinajstić information content (AvgIpc) is 2.84. The number of rotatable bonds is 9. The van der Waals surface area contributed by atoms with Crippen LogP contribution in [0.2, 0.25) is 0 Å². The molecule has 5 nitrogen and oxygen atoms in total. The molecular formula is C26H32N4O. The maximum absolute atomic E-state index is 6.58. The van der Waals surface area contributed by atoms with E-state index < -0.39 is 0 Å². The van der Waals surface area contributed by atoms with E-state index in [2.05, 4.69) is 86.8 Å². The molecule has 1 N–H and O–H groups in total. The van der Waals surface area contributed by atoms with Gasteiger partial charge in [-0.05, 0) is 37.4 Å². The molecule has 1 unspecified atom stereocenters. The lowest BCUT2D eigenvalue weighted by atomic mass is 10.1. The van der Waals surface area contributed by atoms with Crippen molar-refractivity contribution in [1.29, 1.82) is 0 Å². The van der Waals surface area contributed by atoms with Crippen molar-refractivity contribution in [3.8, 4) is 5.75 Å². The van der Waals surface area contributed by atoms with Gasteiger partial charge in [-0.15, -0.1) is 0 Å². The molecule has 4 rings (SSSR count). The number of anilines is 1. The third kappa shape index (κ3) is 5.84. The minimum absolute atomic E-state index is 0.0378. The molecule has 1 aliphatic heterocycles. The number of para-hydroxylation sites is 1. The zero-order valence-corrected chi connectivity index (χ0v) is 18.3. The summed E-state index contributed by atoms with van der Waals surface area (Å²) in [6.07, 6.45) is 2.83. The summed E-state index contributed by atoms with van der Waals surface area (Å²) in [4.78, 5) is 9.36. The number of aromatic nitrogens is 1. The van der Waals surface area contributed by atoms with Crippen molar-refractivity contribution in [3.63, 3.8) is 0 Å². The van der Waals surface area contributed by atoms with Crippen LogP contribution in [-0.2, 0) is 6.54 Å². The lowest BCUT2D eigenvalue weighted by Crippen LogP contribution is -2.46. The van der Waals surface area contributed by atoms with Crippen LogP contribution in [0, 0.1) is 0 Å².